The molecule has 110 valence electrons. The summed E-state index contributed by atoms with van der Waals surface area (Å²) in [6.07, 6.45) is 1.62. The summed E-state index contributed by atoms with van der Waals surface area (Å²) in [6, 6.07) is 11.0. The summed E-state index contributed by atoms with van der Waals surface area (Å²) in [4.78, 5) is 18.3. The SMILES string of the molecule is CNc1ccnc(C(=O)N(C)C(C)c2ccccc2Cl)c1. The van der Waals surface area contributed by atoms with Crippen molar-refractivity contribution in [3.63, 3.8) is 0 Å². The summed E-state index contributed by atoms with van der Waals surface area (Å²) in [7, 11) is 3.56. The minimum atomic E-state index is -0.139. The first-order chi connectivity index (χ1) is 10.0. The fourth-order valence-corrected chi connectivity index (χ4v) is 2.38. The first-order valence-corrected chi connectivity index (χ1v) is 7.07. The van der Waals surface area contributed by atoms with E-state index in [0.717, 1.165) is 11.3 Å². The normalized spacial score (nSPS) is 11.8. The summed E-state index contributed by atoms with van der Waals surface area (Å²) in [6.45, 7) is 1.95. The maximum atomic E-state index is 12.5. The molecule has 0 fully saturated rings. The highest BCUT2D eigenvalue weighted by Crippen LogP contribution is 2.27. The van der Waals surface area contributed by atoms with E-state index >= 15 is 0 Å². The first-order valence-electron chi connectivity index (χ1n) is 6.70. The van der Waals surface area contributed by atoms with Gasteiger partial charge in [0.05, 0.1) is 6.04 Å². The van der Waals surface area contributed by atoms with E-state index in [4.69, 9.17) is 11.6 Å². The summed E-state index contributed by atoms with van der Waals surface area (Å²) >= 11 is 6.20. The highest BCUT2D eigenvalue weighted by Gasteiger charge is 2.21. The predicted molar refractivity (Wildman–Crippen MR) is 85.7 cm³/mol. The van der Waals surface area contributed by atoms with Crippen LogP contribution in [0.3, 0.4) is 0 Å². The molecule has 2 aromatic rings. The van der Waals surface area contributed by atoms with Gasteiger partial charge in [0.2, 0.25) is 0 Å². The molecule has 5 heteroatoms. The number of hydrogen-bond donors (Lipinski definition) is 1. The Labute approximate surface area is 129 Å². The number of nitrogens with zero attached hydrogens (tertiary/aromatic N) is 2. The topological polar surface area (TPSA) is 45.2 Å². The third-order valence-electron chi connectivity index (χ3n) is 3.52. The maximum absolute atomic E-state index is 12.5. The van der Waals surface area contributed by atoms with E-state index in [1.165, 1.54) is 0 Å². The lowest BCUT2D eigenvalue weighted by atomic mass is 10.1. The molecule has 0 radical (unpaired) electrons. The van der Waals surface area contributed by atoms with Gasteiger partial charge in [-0.25, -0.2) is 0 Å². The molecule has 1 amide bonds. The Balaban J connectivity index is 2.24. The van der Waals surface area contributed by atoms with Crippen LogP contribution < -0.4 is 5.32 Å². The van der Waals surface area contributed by atoms with Crippen LogP contribution in [0.1, 0.15) is 29.0 Å². The largest absolute Gasteiger partial charge is 0.388 e. The maximum Gasteiger partial charge on any atom is 0.272 e. The van der Waals surface area contributed by atoms with Crippen LogP contribution >= 0.6 is 11.6 Å². The monoisotopic (exact) mass is 303 g/mol. The van der Waals surface area contributed by atoms with E-state index in [1.807, 2.05) is 37.3 Å². The second-order valence-electron chi connectivity index (χ2n) is 4.79. The molecule has 2 rings (SSSR count). The number of aromatic nitrogens is 1. The molecule has 1 N–H and O–H groups in total. The van der Waals surface area contributed by atoms with Gasteiger partial charge in [-0.05, 0) is 30.7 Å². The second-order valence-corrected chi connectivity index (χ2v) is 5.20. The zero-order valence-corrected chi connectivity index (χ0v) is 13.1. The van der Waals surface area contributed by atoms with Gasteiger partial charge in [0.1, 0.15) is 5.69 Å². The van der Waals surface area contributed by atoms with Crippen molar-refractivity contribution < 1.29 is 4.79 Å². The van der Waals surface area contributed by atoms with Crippen LogP contribution in [0.4, 0.5) is 5.69 Å². The number of nitrogens with one attached hydrogen (secondary N) is 1. The molecule has 1 heterocycles. The Kier molecular flexibility index (Phi) is 4.81. The Bertz CT molecular complexity index is 645. The lowest BCUT2D eigenvalue weighted by Crippen LogP contribution is -2.30. The van der Waals surface area contributed by atoms with E-state index in [1.54, 1.807) is 31.3 Å². The Morgan fingerprint density at radius 1 is 1.33 bits per heavy atom. The smallest absolute Gasteiger partial charge is 0.272 e. The highest BCUT2D eigenvalue weighted by atomic mass is 35.5. The van der Waals surface area contributed by atoms with Crippen LogP contribution in [0.5, 0.6) is 0 Å². The number of amides is 1. The minimum Gasteiger partial charge on any atom is -0.388 e. The predicted octanol–water partition coefficient (Wildman–Crippen LogP) is 3.61. The van der Waals surface area contributed by atoms with Gasteiger partial charge in [0, 0.05) is 31.0 Å². The number of hydrogen-bond acceptors (Lipinski definition) is 3. The van der Waals surface area contributed by atoms with Gasteiger partial charge >= 0.3 is 0 Å². The summed E-state index contributed by atoms with van der Waals surface area (Å²) in [5.74, 6) is -0.139. The van der Waals surface area contributed by atoms with Crippen LogP contribution in [-0.4, -0.2) is 29.9 Å². The number of anilines is 1. The lowest BCUT2D eigenvalue weighted by Gasteiger charge is -2.25. The summed E-state index contributed by atoms with van der Waals surface area (Å²) < 4.78 is 0. The van der Waals surface area contributed by atoms with Crippen LogP contribution in [0.15, 0.2) is 42.6 Å². The Morgan fingerprint density at radius 2 is 2.05 bits per heavy atom. The van der Waals surface area contributed by atoms with Gasteiger partial charge in [-0.2, -0.15) is 0 Å². The minimum absolute atomic E-state index is 0.133. The summed E-state index contributed by atoms with van der Waals surface area (Å²) in [5.41, 5.74) is 2.18. The van der Waals surface area contributed by atoms with Crippen molar-refractivity contribution in [2.45, 2.75) is 13.0 Å². The zero-order chi connectivity index (χ0) is 15.4. The van der Waals surface area contributed by atoms with Crippen molar-refractivity contribution in [3.05, 3.63) is 58.9 Å². The fraction of sp³-hybridized carbons (Fsp3) is 0.250. The fourth-order valence-electron chi connectivity index (χ4n) is 2.08. The molecule has 4 nitrogen and oxygen atoms in total. The number of pyridine rings is 1. The van der Waals surface area contributed by atoms with Crippen molar-refractivity contribution >= 4 is 23.2 Å². The molecule has 0 saturated heterocycles. The molecule has 1 aromatic carbocycles. The summed E-state index contributed by atoms with van der Waals surface area (Å²) in [5, 5.41) is 3.65. The van der Waals surface area contributed by atoms with E-state index < -0.39 is 0 Å². The van der Waals surface area contributed by atoms with Gasteiger partial charge in [-0.3, -0.25) is 9.78 Å². The van der Waals surface area contributed by atoms with Gasteiger partial charge in [-0.1, -0.05) is 29.8 Å². The second kappa shape index (κ2) is 6.59. The van der Waals surface area contributed by atoms with Crippen LogP contribution in [0.25, 0.3) is 0 Å². The molecular formula is C16H18ClN3O. The number of carbonyl (C=O) groups is 1. The van der Waals surface area contributed by atoms with E-state index in [-0.39, 0.29) is 11.9 Å². The highest BCUT2D eigenvalue weighted by molar-refractivity contribution is 6.31. The molecule has 0 spiro atoms. The van der Waals surface area contributed by atoms with Gasteiger partial charge in [0.15, 0.2) is 0 Å². The Hall–Kier alpha value is -2.07. The van der Waals surface area contributed by atoms with E-state index in [0.29, 0.717) is 10.7 Å². The third kappa shape index (κ3) is 3.34. The number of rotatable bonds is 4. The molecule has 0 aliphatic heterocycles. The number of halogens is 1. The quantitative estimate of drug-likeness (QED) is 0.938. The molecule has 0 aliphatic carbocycles. The third-order valence-corrected chi connectivity index (χ3v) is 3.87. The van der Waals surface area contributed by atoms with Gasteiger partial charge in [-0.15, -0.1) is 0 Å². The standard InChI is InChI=1S/C16H18ClN3O/c1-11(13-6-4-5-7-14(13)17)20(3)16(21)15-10-12(18-2)8-9-19-15/h4-11H,1-3H3,(H,18,19). The Morgan fingerprint density at radius 3 is 2.71 bits per heavy atom. The van der Waals surface area contributed by atoms with Crippen molar-refractivity contribution in [1.29, 1.82) is 0 Å². The van der Waals surface area contributed by atoms with Gasteiger partial charge in [0.25, 0.3) is 5.91 Å². The van der Waals surface area contributed by atoms with Gasteiger partial charge < -0.3 is 10.2 Å². The van der Waals surface area contributed by atoms with E-state index in [2.05, 4.69) is 10.3 Å². The molecule has 0 saturated carbocycles. The van der Waals surface area contributed by atoms with Crippen LogP contribution in [-0.2, 0) is 0 Å². The van der Waals surface area contributed by atoms with Crippen LogP contribution in [0, 0.1) is 0 Å². The zero-order valence-electron chi connectivity index (χ0n) is 12.3. The first kappa shape index (κ1) is 15.3. The molecule has 1 aromatic heterocycles. The average molecular weight is 304 g/mol. The van der Waals surface area contributed by atoms with Crippen molar-refractivity contribution in [3.8, 4) is 0 Å². The van der Waals surface area contributed by atoms with Crippen molar-refractivity contribution in [2.24, 2.45) is 0 Å². The average Bonchev–Trinajstić information content (AvgIpc) is 2.53. The molecule has 0 bridgehead atoms. The number of carbonyl (C=O) groups excluding carboxylic acids is 1. The number of benzene rings is 1. The molecule has 1 atom stereocenters. The van der Waals surface area contributed by atoms with Crippen molar-refractivity contribution in [1.82, 2.24) is 9.88 Å². The van der Waals surface area contributed by atoms with Crippen molar-refractivity contribution in [2.75, 3.05) is 19.4 Å². The lowest BCUT2D eigenvalue weighted by molar-refractivity contribution is 0.0737. The molecular weight excluding hydrogens is 286 g/mol. The molecule has 21 heavy (non-hydrogen) atoms. The molecule has 0 aliphatic rings. The van der Waals surface area contributed by atoms with E-state index in [9.17, 15) is 4.79 Å². The van der Waals surface area contributed by atoms with Crippen LogP contribution in [0.2, 0.25) is 5.02 Å². The molecule has 1 unspecified atom stereocenters.